The summed E-state index contributed by atoms with van der Waals surface area (Å²) in [6, 6.07) is 48.2. The topological polar surface area (TPSA) is 56.7 Å². The van der Waals surface area contributed by atoms with Gasteiger partial charge in [0, 0.05) is 64.6 Å². The Morgan fingerprint density at radius 3 is 2.36 bits per heavy atom. The first-order chi connectivity index (χ1) is 26.9. The number of hydrogen-bond acceptors (Lipinski definition) is 5. The van der Waals surface area contributed by atoms with E-state index in [0.717, 1.165) is 67.0 Å². The quantitative estimate of drug-likeness (QED) is 0.127. The molecule has 0 amide bonds. The van der Waals surface area contributed by atoms with Gasteiger partial charge in [-0.05, 0) is 72.2 Å². The van der Waals surface area contributed by atoms with Crippen LogP contribution < -0.4 is 5.19 Å². The maximum Gasteiger partial charge on any atom is 0.216 e. The third-order valence-electron chi connectivity index (χ3n) is 10.1. The van der Waals surface area contributed by atoms with Crippen LogP contribution in [0.4, 0.5) is 0 Å². The maximum absolute atomic E-state index is 8.44. The molecule has 0 saturated carbocycles. The van der Waals surface area contributed by atoms with Crippen molar-refractivity contribution in [2.24, 2.45) is 0 Å². The number of thiophene rings is 1. The average molecular weight is 942 g/mol. The van der Waals surface area contributed by atoms with Gasteiger partial charge in [0.2, 0.25) is 5.71 Å². The van der Waals surface area contributed by atoms with E-state index in [0.29, 0.717) is 5.71 Å². The van der Waals surface area contributed by atoms with Gasteiger partial charge in [-0.2, -0.15) is 0 Å². The van der Waals surface area contributed by atoms with E-state index >= 15 is 0 Å². The monoisotopic (exact) mass is 942 g/mol. The molecule has 0 unspecified atom stereocenters. The number of aromatic nitrogens is 4. The molecule has 10 aromatic rings. The fourth-order valence-corrected chi connectivity index (χ4v) is 10.0. The second kappa shape index (κ2) is 15.0. The van der Waals surface area contributed by atoms with Crippen LogP contribution in [0, 0.1) is 19.1 Å². The van der Waals surface area contributed by atoms with Crippen molar-refractivity contribution in [3.8, 4) is 28.3 Å². The minimum Gasteiger partial charge on any atom is -0.486 e. The molecule has 0 atom stereocenters. The van der Waals surface area contributed by atoms with Gasteiger partial charge >= 0.3 is 0 Å². The number of furan rings is 1. The summed E-state index contributed by atoms with van der Waals surface area (Å²) in [5.74, 6) is 0.193. The van der Waals surface area contributed by atoms with Crippen molar-refractivity contribution < 1.29 is 25.9 Å². The summed E-state index contributed by atoms with van der Waals surface area (Å²) < 4.78 is 19.6. The van der Waals surface area contributed by atoms with Crippen LogP contribution in [-0.2, 0) is 20.1 Å². The van der Waals surface area contributed by atoms with Gasteiger partial charge in [0.25, 0.3) is 0 Å². The fourth-order valence-electron chi connectivity index (χ4n) is 7.36. The summed E-state index contributed by atoms with van der Waals surface area (Å²) in [6.07, 6.45) is 1.98. The molecule has 10 rings (SSSR count). The van der Waals surface area contributed by atoms with Gasteiger partial charge in [0.15, 0.2) is 0 Å². The van der Waals surface area contributed by atoms with E-state index in [1.165, 1.54) is 25.4 Å². The van der Waals surface area contributed by atoms with Gasteiger partial charge in [0.05, 0.1) is 30.5 Å². The summed E-state index contributed by atoms with van der Waals surface area (Å²) in [5.41, 5.74) is 9.17. The normalized spacial score (nSPS) is 12.2. The molecule has 0 aliphatic carbocycles. The summed E-state index contributed by atoms with van der Waals surface area (Å²) in [5, 5.41) is 5.82. The predicted molar refractivity (Wildman–Crippen MR) is 234 cm³/mol. The molecule has 0 saturated heterocycles. The van der Waals surface area contributed by atoms with Gasteiger partial charge < -0.3 is 14.0 Å². The van der Waals surface area contributed by atoms with Crippen LogP contribution in [0.3, 0.4) is 0 Å². The Labute approximate surface area is 346 Å². The first-order valence-corrected chi connectivity index (χ1v) is 22.8. The third kappa shape index (κ3) is 6.81. The van der Waals surface area contributed by atoms with E-state index in [1.807, 2.05) is 86.8 Å². The zero-order chi connectivity index (χ0) is 38.8. The van der Waals surface area contributed by atoms with E-state index in [1.54, 1.807) is 0 Å². The molecule has 0 spiro atoms. The maximum atomic E-state index is 8.44. The van der Waals surface area contributed by atoms with Crippen molar-refractivity contribution in [2.45, 2.75) is 46.3 Å². The number of benzene rings is 5. The van der Waals surface area contributed by atoms with Crippen molar-refractivity contribution in [1.29, 1.82) is 0 Å². The summed E-state index contributed by atoms with van der Waals surface area (Å²) >= 11 is 1.82. The van der Waals surface area contributed by atoms with Crippen LogP contribution in [0.1, 0.15) is 32.4 Å². The second-order valence-electron chi connectivity index (χ2n) is 15.2. The van der Waals surface area contributed by atoms with E-state index in [4.69, 9.17) is 10.8 Å². The van der Waals surface area contributed by atoms with Crippen molar-refractivity contribution in [3.05, 3.63) is 151 Å². The van der Waals surface area contributed by atoms with Crippen LogP contribution in [0.2, 0.25) is 19.6 Å². The van der Waals surface area contributed by atoms with Crippen molar-refractivity contribution in [1.82, 2.24) is 19.5 Å². The molecule has 5 heterocycles. The number of nitrogens with zero attached hydrogens (tertiary/aromatic N) is 4. The zero-order valence-corrected chi connectivity index (χ0v) is 36.3. The zero-order valence-electron chi connectivity index (χ0n) is 33.1. The van der Waals surface area contributed by atoms with Crippen LogP contribution in [0.15, 0.2) is 132 Å². The van der Waals surface area contributed by atoms with Crippen molar-refractivity contribution in [2.75, 3.05) is 0 Å². The summed E-state index contributed by atoms with van der Waals surface area (Å²) in [6.45, 7) is 12.8. The number of imidazole rings is 1. The van der Waals surface area contributed by atoms with Crippen LogP contribution in [0.25, 0.3) is 81.6 Å². The molecule has 279 valence electrons. The SMILES string of the molecule is Cc1ccc2c(n1)oc1c(-c3nc4ccccc4n3-c3ccc4sc5ccccc5c4c3)[c-]ccc12.[2H]C(C)(C)c1cc(-c2[c-]cccc2)ncc1[Si](C)(C)C.[Ir]. The van der Waals surface area contributed by atoms with E-state index in [2.05, 4.69) is 119 Å². The molecule has 5 aromatic heterocycles. The van der Waals surface area contributed by atoms with Crippen molar-refractivity contribution in [3.63, 3.8) is 0 Å². The Kier molecular flexibility index (Phi) is 9.76. The van der Waals surface area contributed by atoms with Crippen LogP contribution >= 0.6 is 11.3 Å². The molecule has 0 bridgehead atoms. The first-order valence-electron chi connectivity index (χ1n) is 19.0. The average Bonchev–Trinajstić information content (AvgIpc) is 3.88. The number of hydrogen-bond donors (Lipinski definition) is 0. The Morgan fingerprint density at radius 2 is 1.55 bits per heavy atom. The molecule has 0 aliphatic rings. The summed E-state index contributed by atoms with van der Waals surface area (Å²) in [7, 11) is -1.50. The molecule has 1 radical (unpaired) electrons. The molecule has 5 aromatic carbocycles. The van der Waals surface area contributed by atoms with E-state index < -0.39 is 14.0 Å². The molecular formula is C48H40IrN4OSSi-2. The Morgan fingerprint density at radius 1 is 0.768 bits per heavy atom. The third-order valence-corrected chi connectivity index (χ3v) is 13.2. The molecule has 0 N–H and O–H groups in total. The fraction of sp³-hybridized carbons (Fsp3) is 0.146. The minimum atomic E-state index is -1.50. The Hall–Kier alpha value is -5.24. The van der Waals surface area contributed by atoms with Gasteiger partial charge in [-0.15, -0.1) is 65.4 Å². The van der Waals surface area contributed by atoms with Crippen LogP contribution in [-0.4, -0.2) is 27.6 Å². The molecular weight excluding hydrogens is 901 g/mol. The van der Waals surface area contributed by atoms with E-state index in [-0.39, 0.29) is 20.1 Å². The van der Waals surface area contributed by atoms with Gasteiger partial charge in [-0.3, -0.25) is 4.98 Å². The largest absolute Gasteiger partial charge is 0.486 e. The Bertz CT molecular complexity index is 3080. The number of para-hydroxylation sites is 2. The number of pyridine rings is 2. The number of fused-ring (bicyclic) bond motifs is 7. The van der Waals surface area contributed by atoms with Gasteiger partial charge in [-0.1, -0.05) is 86.4 Å². The molecule has 8 heteroatoms. The summed E-state index contributed by atoms with van der Waals surface area (Å²) in [4.78, 5) is 14.3. The standard InChI is InChI=1S/C31H18N3OS.C17H22NSi.Ir/c1-18-13-15-22-21-8-6-9-23(29(21)35-31(22)32-18)30-33-25-10-3-4-11-26(25)34(30)19-14-16-28-24(17-19)20-7-2-5-12-27(20)36-28;1-13(2)15-11-16(14-9-7-6-8-10-14)18-12-17(15)19(3,4)5;/h2-8,10-17H,1H3;6-9,11-13H,1-5H3;/q2*-1;/i;13D;. The molecule has 5 nitrogen and oxygen atoms in total. The van der Waals surface area contributed by atoms with Crippen LogP contribution in [0.5, 0.6) is 0 Å². The van der Waals surface area contributed by atoms with Gasteiger partial charge in [0.1, 0.15) is 0 Å². The van der Waals surface area contributed by atoms with Gasteiger partial charge in [-0.25, -0.2) is 4.98 Å². The predicted octanol–water partition coefficient (Wildman–Crippen LogP) is 12.7. The smallest absolute Gasteiger partial charge is 0.216 e. The Balaban J connectivity index is 0.000000186. The minimum absolute atomic E-state index is 0. The number of aryl methyl sites for hydroxylation is 1. The van der Waals surface area contributed by atoms with Crippen molar-refractivity contribution >= 4 is 77.9 Å². The molecule has 0 aliphatic heterocycles. The molecule has 0 fully saturated rings. The number of rotatable bonds is 5. The second-order valence-corrected chi connectivity index (χ2v) is 21.3. The first kappa shape index (κ1) is 36.4. The van der Waals surface area contributed by atoms with E-state index in [9.17, 15) is 0 Å². The molecule has 56 heavy (non-hydrogen) atoms.